The van der Waals surface area contributed by atoms with Crippen molar-refractivity contribution in [2.24, 2.45) is 5.92 Å². The first-order valence-electron chi connectivity index (χ1n) is 10.9. The molecule has 0 spiro atoms. The van der Waals surface area contributed by atoms with Crippen molar-refractivity contribution in [3.63, 3.8) is 0 Å². The van der Waals surface area contributed by atoms with Gasteiger partial charge in [-0.2, -0.15) is 0 Å². The van der Waals surface area contributed by atoms with Crippen LogP contribution in [0.2, 0.25) is 0 Å². The van der Waals surface area contributed by atoms with E-state index in [4.69, 9.17) is 5.11 Å². The summed E-state index contributed by atoms with van der Waals surface area (Å²) in [6, 6.07) is 0. The molecule has 1 N–H and O–H groups in total. The Bertz CT molecular complexity index is 347. The Morgan fingerprint density at radius 2 is 1.04 bits per heavy atom. The second-order valence-corrected chi connectivity index (χ2v) is 7.51. The molecule has 1 unspecified atom stereocenters. The van der Waals surface area contributed by atoms with Gasteiger partial charge in [0.05, 0.1) is 7.11 Å². The van der Waals surface area contributed by atoms with Crippen molar-refractivity contribution in [3.05, 3.63) is 0 Å². The monoisotopic (exact) mass is 510 g/mol. The molecule has 0 saturated carbocycles. The van der Waals surface area contributed by atoms with Gasteiger partial charge in [-0.1, -0.05) is 110 Å². The summed E-state index contributed by atoms with van der Waals surface area (Å²) in [4.78, 5) is 22.3. The number of carboxylic acids is 1. The molecule has 0 aromatic carbocycles. The third-order valence-electron chi connectivity index (χ3n) is 5.13. The summed E-state index contributed by atoms with van der Waals surface area (Å²) in [5.41, 5.74) is 0. The zero-order valence-corrected chi connectivity index (χ0v) is 17.3. The quantitative estimate of drug-likeness (QED) is 0.107. The van der Waals surface area contributed by atoms with Gasteiger partial charge in [0, 0.05) is 0 Å². The normalized spacial score (nSPS) is 11.6. The van der Waals surface area contributed by atoms with Crippen LogP contribution < -0.4 is 0 Å². The summed E-state index contributed by atoms with van der Waals surface area (Å²) in [7, 11) is 1.24. The molecule has 0 radical (unpaired) electrons. The predicted molar refractivity (Wildman–Crippen MR) is 116 cm³/mol. The van der Waals surface area contributed by atoms with Gasteiger partial charge in [0.2, 0.25) is 0 Å². The van der Waals surface area contributed by atoms with E-state index in [1.54, 1.807) is 0 Å². The van der Waals surface area contributed by atoms with Crippen molar-refractivity contribution < 1.29 is 19.4 Å². The minimum atomic E-state index is -1.07. The fourth-order valence-electron chi connectivity index (χ4n) is 3.38. The van der Waals surface area contributed by atoms with Crippen LogP contribution in [-0.2, 0) is 14.3 Å². The van der Waals surface area contributed by atoms with E-state index < -0.39 is 17.9 Å². The van der Waals surface area contributed by atoms with Crippen LogP contribution in [0.4, 0.5) is 0 Å². The van der Waals surface area contributed by atoms with E-state index in [0.29, 0.717) is 6.42 Å². The summed E-state index contributed by atoms with van der Waals surface area (Å²) < 4.78 is 4.53. The SMILES string of the molecule is CCCCCCCCCCCCCCCCCCC(C(=O)O)C(=O)OC.[BaH2]. The molecule has 0 bridgehead atoms. The Labute approximate surface area is 207 Å². The minimum absolute atomic E-state index is 0. The van der Waals surface area contributed by atoms with Crippen LogP contribution in [0.1, 0.15) is 116 Å². The van der Waals surface area contributed by atoms with Crippen LogP contribution in [0.5, 0.6) is 0 Å². The first kappa shape index (κ1) is 29.7. The van der Waals surface area contributed by atoms with Crippen molar-refractivity contribution in [1.29, 1.82) is 0 Å². The summed E-state index contributed by atoms with van der Waals surface area (Å²) >= 11 is 0. The number of hydrogen-bond donors (Lipinski definition) is 1. The van der Waals surface area contributed by atoms with Gasteiger partial charge >= 0.3 is 60.8 Å². The van der Waals surface area contributed by atoms with Crippen LogP contribution in [-0.4, -0.2) is 73.0 Å². The van der Waals surface area contributed by atoms with E-state index in [2.05, 4.69) is 11.7 Å². The van der Waals surface area contributed by atoms with Gasteiger partial charge < -0.3 is 9.84 Å². The third kappa shape index (κ3) is 19.6. The first-order valence-corrected chi connectivity index (χ1v) is 10.9. The number of carbonyl (C=O) groups excluding carboxylic acids is 1. The second kappa shape index (κ2) is 22.8. The van der Waals surface area contributed by atoms with Crippen molar-refractivity contribution in [2.75, 3.05) is 7.11 Å². The van der Waals surface area contributed by atoms with Crippen molar-refractivity contribution in [2.45, 2.75) is 116 Å². The van der Waals surface area contributed by atoms with E-state index in [1.807, 2.05) is 0 Å². The number of ether oxygens (including phenoxy) is 1. The molecule has 5 heteroatoms. The summed E-state index contributed by atoms with van der Waals surface area (Å²) in [6.07, 6.45) is 21.0. The maximum atomic E-state index is 11.3. The van der Waals surface area contributed by atoms with Crippen LogP contribution in [0.3, 0.4) is 0 Å². The van der Waals surface area contributed by atoms with Gasteiger partial charge in [-0.15, -0.1) is 0 Å². The van der Waals surface area contributed by atoms with Gasteiger partial charge in [0.15, 0.2) is 5.92 Å². The molecule has 0 heterocycles. The van der Waals surface area contributed by atoms with Crippen molar-refractivity contribution >= 4 is 60.8 Å². The van der Waals surface area contributed by atoms with Gasteiger partial charge in [-0.25, -0.2) is 0 Å². The molecule has 0 aromatic rings. The number of aliphatic carboxylic acids is 1. The Hall–Kier alpha value is 0.511. The Balaban J connectivity index is 0. The van der Waals surface area contributed by atoms with E-state index in [1.165, 1.54) is 90.6 Å². The number of carbonyl (C=O) groups is 2. The molecule has 0 rings (SSSR count). The molecule has 0 saturated heterocycles. The van der Waals surface area contributed by atoms with Gasteiger partial charge in [0.25, 0.3) is 0 Å². The van der Waals surface area contributed by atoms with Crippen LogP contribution in [0.15, 0.2) is 0 Å². The predicted octanol–water partition coefficient (Wildman–Crippen LogP) is 5.60. The van der Waals surface area contributed by atoms with Gasteiger partial charge in [-0.05, 0) is 6.42 Å². The Kier molecular flexibility index (Phi) is 25.1. The zero-order chi connectivity index (χ0) is 19.5. The number of unbranched alkanes of at least 4 members (excludes halogenated alkanes) is 15. The van der Waals surface area contributed by atoms with Crippen LogP contribution >= 0.6 is 0 Å². The van der Waals surface area contributed by atoms with Crippen LogP contribution in [0.25, 0.3) is 0 Å². The van der Waals surface area contributed by atoms with E-state index in [9.17, 15) is 9.59 Å². The Morgan fingerprint density at radius 3 is 1.33 bits per heavy atom. The number of carboxylic acid groups (broad SMARTS) is 1. The number of hydrogen-bond acceptors (Lipinski definition) is 3. The van der Waals surface area contributed by atoms with Crippen LogP contribution in [0, 0.1) is 5.92 Å². The molecule has 0 fully saturated rings. The molecule has 1 atom stereocenters. The molecule has 0 aliphatic rings. The third-order valence-corrected chi connectivity index (χ3v) is 5.13. The van der Waals surface area contributed by atoms with E-state index >= 15 is 0 Å². The number of methoxy groups -OCH3 is 1. The molecule has 158 valence electrons. The van der Waals surface area contributed by atoms with Gasteiger partial charge in [0.1, 0.15) is 0 Å². The molecular formula is C22H44BaO4. The summed E-state index contributed by atoms with van der Waals surface area (Å²) in [5, 5.41) is 9.00. The first-order chi connectivity index (χ1) is 12.6. The fraction of sp³-hybridized carbons (Fsp3) is 0.909. The van der Waals surface area contributed by atoms with E-state index in [-0.39, 0.29) is 48.9 Å². The average molecular weight is 510 g/mol. The fourth-order valence-corrected chi connectivity index (χ4v) is 3.38. The molecular weight excluding hydrogens is 466 g/mol. The molecule has 27 heavy (non-hydrogen) atoms. The molecule has 0 aliphatic heterocycles. The topological polar surface area (TPSA) is 63.6 Å². The van der Waals surface area contributed by atoms with E-state index in [0.717, 1.165) is 19.3 Å². The summed E-state index contributed by atoms with van der Waals surface area (Å²) in [6.45, 7) is 2.26. The standard InChI is InChI=1S/C22H42O4.Ba.2H/c1-3-4-5-6-7-8-9-10-11-12-13-14-15-16-17-18-19-20(21(23)24)22(25)26-2;;;/h20H,3-19H2,1-2H3,(H,23,24);;;. The number of esters is 1. The average Bonchev–Trinajstić information content (AvgIpc) is 2.63. The zero-order valence-electron chi connectivity index (χ0n) is 17.3. The summed E-state index contributed by atoms with van der Waals surface area (Å²) in [5.74, 6) is -2.69. The van der Waals surface area contributed by atoms with Gasteiger partial charge in [-0.3, -0.25) is 9.59 Å². The molecule has 0 aliphatic carbocycles. The van der Waals surface area contributed by atoms with Crippen molar-refractivity contribution in [1.82, 2.24) is 0 Å². The second-order valence-electron chi connectivity index (χ2n) is 7.51. The molecule has 0 amide bonds. The molecule has 0 aromatic heterocycles. The maximum absolute atomic E-state index is 11.3. The molecule has 4 nitrogen and oxygen atoms in total. The Morgan fingerprint density at radius 1 is 0.704 bits per heavy atom. The van der Waals surface area contributed by atoms with Crippen molar-refractivity contribution in [3.8, 4) is 0 Å². The number of rotatable bonds is 19.